The Morgan fingerprint density at radius 2 is 1.00 bits per heavy atom. The molecule has 6 atom stereocenters. The molecule has 8 nitrogen and oxygen atoms in total. The molecule has 6 unspecified atom stereocenters. The molecule has 3 N–H and O–H groups in total. The summed E-state index contributed by atoms with van der Waals surface area (Å²) < 4.78 is 11.2. The Bertz CT molecular complexity index is 649. The highest BCUT2D eigenvalue weighted by Crippen LogP contribution is 2.36. The molecule has 236 valence electrons. The molecule has 0 heterocycles. The van der Waals surface area contributed by atoms with Crippen molar-refractivity contribution in [1.82, 2.24) is 4.90 Å². The second-order valence-corrected chi connectivity index (χ2v) is 11.8. The Morgan fingerprint density at radius 1 is 0.650 bits per heavy atom. The lowest BCUT2D eigenvalue weighted by molar-refractivity contribution is -0.179. The predicted molar refractivity (Wildman–Crippen MR) is 158 cm³/mol. The molecule has 0 radical (unpaired) electrons. The summed E-state index contributed by atoms with van der Waals surface area (Å²) in [7, 11) is 0. The van der Waals surface area contributed by atoms with Crippen molar-refractivity contribution in [2.75, 3.05) is 13.2 Å². The van der Waals surface area contributed by atoms with E-state index < -0.39 is 48.4 Å². The average molecular weight is 572 g/mol. The summed E-state index contributed by atoms with van der Waals surface area (Å²) >= 11 is 0. The maximum atomic E-state index is 13.2. The van der Waals surface area contributed by atoms with Gasteiger partial charge in [0.25, 0.3) is 0 Å². The Kier molecular flexibility index (Phi) is 20.6. The number of hydrogen-bond donors (Lipinski definition) is 3. The molecule has 1 aliphatic carbocycles. The first-order chi connectivity index (χ1) is 19.2. The molecule has 0 spiro atoms. The van der Waals surface area contributed by atoms with Gasteiger partial charge in [-0.3, -0.25) is 9.59 Å². The number of nitrogens with zero attached hydrogens (tertiary/aromatic N) is 1. The van der Waals surface area contributed by atoms with Crippen molar-refractivity contribution in [1.29, 1.82) is 0 Å². The molecule has 1 rings (SSSR count). The van der Waals surface area contributed by atoms with E-state index in [0.29, 0.717) is 13.2 Å². The quantitative estimate of drug-likeness (QED) is 0.0767. The molecular weight excluding hydrogens is 510 g/mol. The molecule has 0 amide bonds. The van der Waals surface area contributed by atoms with Crippen LogP contribution in [0.25, 0.3) is 0 Å². The Morgan fingerprint density at radius 3 is 1.38 bits per heavy atom. The summed E-state index contributed by atoms with van der Waals surface area (Å²) in [5.41, 5.74) is 0. The number of ether oxygens (including phenoxy) is 2. The van der Waals surface area contributed by atoms with Crippen molar-refractivity contribution in [2.45, 2.75) is 168 Å². The van der Waals surface area contributed by atoms with E-state index in [0.717, 1.165) is 38.5 Å². The second-order valence-electron chi connectivity index (χ2n) is 11.8. The molecule has 1 aliphatic rings. The fourth-order valence-corrected chi connectivity index (χ4v) is 5.90. The van der Waals surface area contributed by atoms with E-state index >= 15 is 0 Å². The van der Waals surface area contributed by atoms with Crippen LogP contribution in [-0.4, -0.2) is 70.0 Å². The number of unbranched alkanes of at least 4 members (excludes halogenated alkanes) is 14. The zero-order valence-electron chi connectivity index (χ0n) is 26.0. The zero-order chi connectivity index (χ0) is 29.8. The lowest BCUT2D eigenvalue weighted by Crippen LogP contribution is -2.57. The molecule has 0 aliphatic heterocycles. The first kappa shape index (κ1) is 36.8. The topological polar surface area (TPSA) is 117 Å². The van der Waals surface area contributed by atoms with Crippen LogP contribution in [0.15, 0.2) is 0 Å². The molecule has 0 saturated heterocycles. The predicted octanol–water partition coefficient (Wildman–Crippen LogP) is 6.09. The van der Waals surface area contributed by atoms with E-state index in [2.05, 4.69) is 13.8 Å². The lowest BCUT2D eigenvalue weighted by Gasteiger charge is -2.44. The molecule has 0 aromatic heterocycles. The number of rotatable bonds is 23. The number of aliphatic hydroxyl groups is 3. The van der Waals surface area contributed by atoms with E-state index in [1.807, 2.05) is 0 Å². The monoisotopic (exact) mass is 571 g/mol. The van der Waals surface area contributed by atoms with Crippen molar-refractivity contribution in [2.24, 2.45) is 11.8 Å². The normalized spacial score (nSPS) is 22.7. The van der Waals surface area contributed by atoms with Crippen LogP contribution in [0.5, 0.6) is 0 Å². The van der Waals surface area contributed by atoms with Crippen LogP contribution >= 0.6 is 0 Å². The van der Waals surface area contributed by atoms with E-state index in [9.17, 15) is 24.9 Å². The van der Waals surface area contributed by atoms with E-state index in [-0.39, 0.29) is 12.8 Å². The van der Waals surface area contributed by atoms with Gasteiger partial charge in [-0.25, -0.2) is 4.90 Å². The molecule has 0 aromatic carbocycles. The third-order valence-electron chi connectivity index (χ3n) is 8.26. The third-order valence-corrected chi connectivity index (χ3v) is 8.26. The standard InChI is InChI=1S/C32H61NO7/c1-5-7-9-11-13-15-17-19-21-39-31(37)27-23-29(33(25(3)34)26(4)35)30(36)24-28(27)32(38)40-22-20-18-16-14-12-10-8-6-2/h25-30,34-36H,5-24H2,1-4H3. The summed E-state index contributed by atoms with van der Waals surface area (Å²) in [6.07, 6.45) is 15.3. The van der Waals surface area contributed by atoms with Crippen molar-refractivity contribution in [3.63, 3.8) is 0 Å². The number of esters is 2. The van der Waals surface area contributed by atoms with Gasteiger partial charge >= 0.3 is 11.9 Å². The molecule has 40 heavy (non-hydrogen) atoms. The van der Waals surface area contributed by atoms with Crippen molar-refractivity contribution < 1.29 is 34.4 Å². The smallest absolute Gasteiger partial charge is 0.309 e. The van der Waals surface area contributed by atoms with Gasteiger partial charge in [-0.05, 0) is 39.5 Å². The summed E-state index contributed by atoms with van der Waals surface area (Å²) in [6.45, 7) is 8.04. The largest absolute Gasteiger partial charge is 0.465 e. The van der Waals surface area contributed by atoms with E-state index in [1.165, 1.54) is 83.0 Å². The molecule has 1 fully saturated rings. The van der Waals surface area contributed by atoms with E-state index in [1.54, 1.807) is 0 Å². The van der Waals surface area contributed by atoms with Crippen LogP contribution < -0.4 is 0 Å². The fraction of sp³-hybridized carbons (Fsp3) is 0.938. The molecule has 0 aromatic rings. The average Bonchev–Trinajstić information content (AvgIpc) is 2.91. The van der Waals surface area contributed by atoms with Gasteiger partial charge in [-0.1, -0.05) is 104 Å². The van der Waals surface area contributed by atoms with Crippen LogP contribution in [0.1, 0.15) is 143 Å². The van der Waals surface area contributed by atoms with Gasteiger partial charge in [0.15, 0.2) is 0 Å². The fourth-order valence-electron chi connectivity index (χ4n) is 5.90. The van der Waals surface area contributed by atoms with Crippen molar-refractivity contribution >= 4 is 11.9 Å². The van der Waals surface area contributed by atoms with Gasteiger partial charge in [-0.15, -0.1) is 0 Å². The Balaban J connectivity index is 2.65. The van der Waals surface area contributed by atoms with Gasteiger partial charge in [-0.2, -0.15) is 0 Å². The number of carbonyl (C=O) groups excluding carboxylic acids is 2. The molecular formula is C32H61NO7. The van der Waals surface area contributed by atoms with Crippen molar-refractivity contribution in [3.8, 4) is 0 Å². The summed E-state index contributed by atoms with van der Waals surface area (Å²) in [5, 5.41) is 31.4. The highest BCUT2D eigenvalue weighted by molar-refractivity contribution is 5.82. The van der Waals surface area contributed by atoms with Crippen LogP contribution in [0, 0.1) is 11.8 Å². The highest BCUT2D eigenvalue weighted by atomic mass is 16.5. The first-order valence-electron chi connectivity index (χ1n) is 16.4. The summed E-state index contributed by atoms with van der Waals surface area (Å²) in [5.74, 6) is -2.55. The van der Waals surface area contributed by atoms with Crippen LogP contribution in [-0.2, 0) is 19.1 Å². The van der Waals surface area contributed by atoms with Crippen LogP contribution in [0.4, 0.5) is 0 Å². The number of hydrogen-bond acceptors (Lipinski definition) is 8. The molecule has 0 bridgehead atoms. The minimum atomic E-state index is -1.03. The second kappa shape index (κ2) is 22.4. The maximum absolute atomic E-state index is 13.2. The molecule has 1 saturated carbocycles. The minimum absolute atomic E-state index is 0.0222. The van der Waals surface area contributed by atoms with Gasteiger partial charge < -0.3 is 24.8 Å². The Labute approximate surface area is 244 Å². The summed E-state index contributed by atoms with van der Waals surface area (Å²) in [6, 6.07) is -0.683. The third kappa shape index (κ3) is 14.6. The summed E-state index contributed by atoms with van der Waals surface area (Å²) in [4.78, 5) is 27.7. The zero-order valence-corrected chi connectivity index (χ0v) is 26.0. The SMILES string of the molecule is CCCCCCCCCCOC(=O)C1CC(O)C(N(C(C)O)C(C)O)CC1C(=O)OCCCCCCCCCC. The first-order valence-corrected chi connectivity index (χ1v) is 16.4. The number of carbonyl (C=O) groups is 2. The number of aliphatic hydroxyl groups excluding tert-OH is 3. The van der Waals surface area contributed by atoms with Gasteiger partial charge in [0.1, 0.15) is 12.5 Å². The minimum Gasteiger partial charge on any atom is -0.465 e. The van der Waals surface area contributed by atoms with Gasteiger partial charge in [0.05, 0.1) is 31.2 Å². The lowest BCUT2D eigenvalue weighted by atomic mass is 9.74. The van der Waals surface area contributed by atoms with Crippen LogP contribution in [0.3, 0.4) is 0 Å². The van der Waals surface area contributed by atoms with E-state index in [4.69, 9.17) is 9.47 Å². The van der Waals surface area contributed by atoms with Gasteiger partial charge in [0.2, 0.25) is 0 Å². The van der Waals surface area contributed by atoms with Crippen LogP contribution in [0.2, 0.25) is 0 Å². The maximum Gasteiger partial charge on any atom is 0.309 e. The molecule has 8 heteroatoms. The highest BCUT2D eigenvalue weighted by Gasteiger charge is 2.48. The van der Waals surface area contributed by atoms with Crippen molar-refractivity contribution in [3.05, 3.63) is 0 Å². The Hall–Kier alpha value is -1.22. The van der Waals surface area contributed by atoms with Gasteiger partial charge in [0, 0.05) is 6.04 Å².